The predicted octanol–water partition coefficient (Wildman–Crippen LogP) is 2.61. The minimum absolute atomic E-state index is 0.0359. The first-order valence-electron chi connectivity index (χ1n) is 9.57. The normalized spacial score (nSPS) is 16.9. The maximum absolute atomic E-state index is 12.2. The average Bonchev–Trinajstić information content (AvgIpc) is 3.12. The van der Waals surface area contributed by atoms with Crippen LogP contribution < -0.4 is 15.0 Å². The molecule has 6 nitrogen and oxygen atoms in total. The smallest absolute Gasteiger partial charge is 0.253 e. The van der Waals surface area contributed by atoms with E-state index in [4.69, 9.17) is 4.74 Å². The molecule has 0 aliphatic carbocycles. The Labute approximate surface area is 160 Å². The molecule has 1 aromatic carbocycles. The van der Waals surface area contributed by atoms with Gasteiger partial charge in [0.05, 0.1) is 6.20 Å². The molecular weight excluding hydrogens is 340 g/mol. The third-order valence-electron chi connectivity index (χ3n) is 5.21. The van der Waals surface area contributed by atoms with E-state index >= 15 is 0 Å². The van der Waals surface area contributed by atoms with Crippen molar-refractivity contribution >= 4 is 17.4 Å². The maximum Gasteiger partial charge on any atom is 0.253 e. The molecule has 2 aliphatic rings. The zero-order chi connectivity index (χ0) is 18.8. The second-order valence-electron chi connectivity index (χ2n) is 7.36. The average molecular weight is 366 g/mol. The standard InChI is InChI=1S/C21H26N4O2/c1-24(2)21(26)16-3-5-19-15(13-16)9-12-25(19)20-6-4-18(14-23-20)27-17-7-10-22-11-8-17/h3-6,13-14,17,22H,7-12H2,1-2H3. The number of rotatable bonds is 4. The van der Waals surface area contributed by atoms with Gasteiger partial charge in [-0.25, -0.2) is 4.98 Å². The Hall–Kier alpha value is -2.60. The number of pyridine rings is 1. The molecule has 0 bridgehead atoms. The zero-order valence-electron chi connectivity index (χ0n) is 15.9. The van der Waals surface area contributed by atoms with Crippen LogP contribution in [0.3, 0.4) is 0 Å². The van der Waals surface area contributed by atoms with Gasteiger partial charge in [-0.2, -0.15) is 0 Å². The number of nitrogens with one attached hydrogen (secondary N) is 1. The lowest BCUT2D eigenvalue weighted by Gasteiger charge is -2.24. The predicted molar refractivity (Wildman–Crippen MR) is 106 cm³/mol. The van der Waals surface area contributed by atoms with Crippen LogP contribution in [0.5, 0.6) is 5.75 Å². The van der Waals surface area contributed by atoms with Gasteiger partial charge in [0.2, 0.25) is 0 Å². The van der Waals surface area contributed by atoms with Gasteiger partial charge >= 0.3 is 0 Å². The number of carbonyl (C=O) groups is 1. The second kappa shape index (κ2) is 7.56. The fraction of sp³-hybridized carbons (Fsp3) is 0.429. The molecule has 1 fully saturated rings. The van der Waals surface area contributed by atoms with Crippen LogP contribution in [0.4, 0.5) is 11.5 Å². The van der Waals surface area contributed by atoms with Crippen LogP contribution in [-0.2, 0) is 6.42 Å². The summed E-state index contributed by atoms with van der Waals surface area (Å²) in [6.07, 6.45) is 5.09. The largest absolute Gasteiger partial charge is 0.489 e. The number of ether oxygens (including phenoxy) is 1. The van der Waals surface area contributed by atoms with E-state index < -0.39 is 0 Å². The lowest BCUT2D eigenvalue weighted by molar-refractivity contribution is 0.0827. The number of benzene rings is 1. The number of aromatic nitrogens is 1. The third-order valence-corrected chi connectivity index (χ3v) is 5.21. The molecule has 0 radical (unpaired) electrons. The maximum atomic E-state index is 12.2. The summed E-state index contributed by atoms with van der Waals surface area (Å²) in [5.41, 5.74) is 3.06. The van der Waals surface area contributed by atoms with E-state index in [1.807, 2.05) is 36.5 Å². The van der Waals surface area contributed by atoms with Crippen molar-refractivity contribution in [1.82, 2.24) is 15.2 Å². The molecular formula is C21H26N4O2. The highest BCUT2D eigenvalue weighted by molar-refractivity contribution is 5.95. The summed E-state index contributed by atoms with van der Waals surface area (Å²) in [6.45, 7) is 2.90. The number of fused-ring (bicyclic) bond motifs is 1. The van der Waals surface area contributed by atoms with E-state index in [9.17, 15) is 4.79 Å². The number of amides is 1. The van der Waals surface area contributed by atoms with Crippen molar-refractivity contribution < 1.29 is 9.53 Å². The number of anilines is 2. The summed E-state index contributed by atoms with van der Waals surface area (Å²) < 4.78 is 6.04. The van der Waals surface area contributed by atoms with Gasteiger partial charge in [0.15, 0.2) is 0 Å². The molecule has 1 saturated heterocycles. The van der Waals surface area contributed by atoms with Crippen molar-refractivity contribution in [1.29, 1.82) is 0 Å². The van der Waals surface area contributed by atoms with Crippen molar-refractivity contribution in [2.24, 2.45) is 0 Å². The highest BCUT2D eigenvalue weighted by Crippen LogP contribution is 2.34. The third kappa shape index (κ3) is 3.76. The number of carbonyl (C=O) groups excluding carboxylic acids is 1. The van der Waals surface area contributed by atoms with E-state index in [2.05, 4.69) is 15.2 Å². The molecule has 1 amide bonds. The summed E-state index contributed by atoms with van der Waals surface area (Å²) in [7, 11) is 3.55. The molecule has 0 atom stereocenters. The quantitative estimate of drug-likeness (QED) is 0.901. The molecule has 4 rings (SSSR count). The second-order valence-corrected chi connectivity index (χ2v) is 7.36. The monoisotopic (exact) mass is 366 g/mol. The first-order chi connectivity index (χ1) is 13.1. The summed E-state index contributed by atoms with van der Waals surface area (Å²) in [5.74, 6) is 1.78. The van der Waals surface area contributed by atoms with Gasteiger partial charge < -0.3 is 19.9 Å². The zero-order valence-corrected chi connectivity index (χ0v) is 15.9. The van der Waals surface area contributed by atoms with Gasteiger partial charge in [0.25, 0.3) is 5.91 Å². The minimum atomic E-state index is 0.0359. The molecule has 0 spiro atoms. The number of hydrogen-bond donors (Lipinski definition) is 1. The summed E-state index contributed by atoms with van der Waals surface area (Å²) in [4.78, 5) is 20.6. The van der Waals surface area contributed by atoms with Gasteiger partial charge in [-0.05, 0) is 68.2 Å². The van der Waals surface area contributed by atoms with Crippen LogP contribution in [0.25, 0.3) is 0 Å². The molecule has 2 aliphatic heterocycles. The first kappa shape index (κ1) is 17.8. The highest BCUT2D eigenvalue weighted by atomic mass is 16.5. The molecule has 0 unspecified atom stereocenters. The van der Waals surface area contributed by atoms with Gasteiger partial charge in [-0.1, -0.05) is 0 Å². The van der Waals surface area contributed by atoms with E-state index in [0.717, 1.165) is 61.7 Å². The van der Waals surface area contributed by atoms with E-state index in [1.54, 1.807) is 19.0 Å². The van der Waals surface area contributed by atoms with Crippen LogP contribution >= 0.6 is 0 Å². The Morgan fingerprint density at radius 3 is 2.74 bits per heavy atom. The molecule has 2 aromatic rings. The lowest BCUT2D eigenvalue weighted by Crippen LogP contribution is -2.34. The Balaban J connectivity index is 1.48. The molecule has 6 heteroatoms. The Kier molecular flexibility index (Phi) is 4.99. The SMILES string of the molecule is CN(C)C(=O)c1ccc2c(c1)CCN2c1ccc(OC2CCNCC2)cn1. The topological polar surface area (TPSA) is 57.7 Å². The molecule has 3 heterocycles. The first-order valence-corrected chi connectivity index (χ1v) is 9.57. The lowest BCUT2D eigenvalue weighted by atomic mass is 10.1. The van der Waals surface area contributed by atoms with Crippen molar-refractivity contribution in [2.75, 3.05) is 38.6 Å². The van der Waals surface area contributed by atoms with Gasteiger partial charge in [0.1, 0.15) is 17.7 Å². The van der Waals surface area contributed by atoms with Crippen LogP contribution in [0.2, 0.25) is 0 Å². The van der Waals surface area contributed by atoms with Crippen LogP contribution in [-0.4, -0.2) is 55.6 Å². The van der Waals surface area contributed by atoms with Crippen molar-refractivity contribution in [3.8, 4) is 5.75 Å². The summed E-state index contributed by atoms with van der Waals surface area (Å²) >= 11 is 0. The Morgan fingerprint density at radius 1 is 1.22 bits per heavy atom. The fourth-order valence-corrected chi connectivity index (χ4v) is 3.74. The molecule has 27 heavy (non-hydrogen) atoms. The van der Waals surface area contributed by atoms with Crippen LogP contribution in [0, 0.1) is 0 Å². The van der Waals surface area contributed by atoms with Crippen molar-refractivity contribution in [3.63, 3.8) is 0 Å². The Bertz CT molecular complexity index is 813. The van der Waals surface area contributed by atoms with E-state index in [1.165, 1.54) is 5.56 Å². The highest BCUT2D eigenvalue weighted by Gasteiger charge is 2.23. The molecule has 1 aromatic heterocycles. The van der Waals surface area contributed by atoms with Gasteiger partial charge in [-0.3, -0.25) is 4.79 Å². The molecule has 1 N–H and O–H groups in total. The molecule has 142 valence electrons. The van der Waals surface area contributed by atoms with Gasteiger partial charge in [0, 0.05) is 31.9 Å². The number of piperidine rings is 1. The van der Waals surface area contributed by atoms with Crippen molar-refractivity contribution in [3.05, 3.63) is 47.7 Å². The number of nitrogens with zero attached hydrogens (tertiary/aromatic N) is 3. The molecule has 0 saturated carbocycles. The Morgan fingerprint density at radius 2 is 2.04 bits per heavy atom. The number of hydrogen-bond acceptors (Lipinski definition) is 5. The fourth-order valence-electron chi connectivity index (χ4n) is 3.74. The van der Waals surface area contributed by atoms with E-state index in [0.29, 0.717) is 0 Å². The summed E-state index contributed by atoms with van der Waals surface area (Å²) in [6, 6.07) is 9.96. The van der Waals surface area contributed by atoms with Crippen LogP contribution in [0.15, 0.2) is 36.5 Å². The minimum Gasteiger partial charge on any atom is -0.489 e. The van der Waals surface area contributed by atoms with E-state index in [-0.39, 0.29) is 12.0 Å². The van der Waals surface area contributed by atoms with Crippen molar-refractivity contribution in [2.45, 2.75) is 25.4 Å². The van der Waals surface area contributed by atoms with Crippen LogP contribution in [0.1, 0.15) is 28.8 Å². The van der Waals surface area contributed by atoms with Gasteiger partial charge in [-0.15, -0.1) is 0 Å². The summed E-state index contributed by atoms with van der Waals surface area (Å²) in [5, 5.41) is 3.35.